The second-order valence-electron chi connectivity index (χ2n) is 5.30. The summed E-state index contributed by atoms with van der Waals surface area (Å²) in [7, 11) is -4.43. The molecule has 1 aromatic carbocycles. The minimum atomic E-state index is -4.43. The SMILES string of the molecule is O=C1/C(=C\c2ccc(-c3ccc(Cl)cc3)o2)SC(=S)N1CCS(=O)(=O)[O-]. The summed E-state index contributed by atoms with van der Waals surface area (Å²) in [5.41, 5.74) is 0.835. The number of halogens is 1. The molecule has 0 N–H and O–H groups in total. The van der Waals surface area contributed by atoms with E-state index in [0.29, 0.717) is 21.4 Å². The first-order valence-electron chi connectivity index (χ1n) is 7.28. The number of furan rings is 1. The molecule has 1 aliphatic rings. The highest BCUT2D eigenvalue weighted by molar-refractivity contribution is 8.26. The van der Waals surface area contributed by atoms with Crippen molar-refractivity contribution in [1.29, 1.82) is 0 Å². The fraction of sp³-hybridized carbons (Fsp3) is 0.125. The van der Waals surface area contributed by atoms with Crippen molar-refractivity contribution in [3.63, 3.8) is 0 Å². The van der Waals surface area contributed by atoms with E-state index in [1.807, 2.05) is 12.1 Å². The molecule has 1 fully saturated rings. The minimum absolute atomic E-state index is 0.203. The van der Waals surface area contributed by atoms with Crippen LogP contribution in [0.4, 0.5) is 0 Å². The molecule has 136 valence electrons. The van der Waals surface area contributed by atoms with Crippen LogP contribution in [0.5, 0.6) is 0 Å². The molecule has 1 aliphatic heterocycles. The van der Waals surface area contributed by atoms with Crippen LogP contribution in [0, 0.1) is 0 Å². The van der Waals surface area contributed by atoms with Gasteiger partial charge in [-0.15, -0.1) is 0 Å². The fourth-order valence-corrected chi connectivity index (χ4v) is 4.05. The molecule has 0 atom stereocenters. The van der Waals surface area contributed by atoms with E-state index in [9.17, 15) is 17.8 Å². The summed E-state index contributed by atoms with van der Waals surface area (Å²) in [6.45, 7) is -0.262. The van der Waals surface area contributed by atoms with Crippen molar-refractivity contribution in [3.05, 3.63) is 52.1 Å². The highest BCUT2D eigenvalue weighted by Crippen LogP contribution is 2.33. The molecule has 0 unspecified atom stereocenters. The summed E-state index contributed by atoms with van der Waals surface area (Å²) in [6.07, 6.45) is 1.53. The van der Waals surface area contributed by atoms with Gasteiger partial charge in [0.25, 0.3) is 5.91 Å². The lowest BCUT2D eigenvalue weighted by molar-refractivity contribution is -0.121. The molecule has 3 rings (SSSR count). The van der Waals surface area contributed by atoms with Crippen molar-refractivity contribution < 1.29 is 22.2 Å². The second-order valence-corrected chi connectivity index (χ2v) is 8.94. The Hall–Kier alpha value is -1.65. The van der Waals surface area contributed by atoms with E-state index in [2.05, 4.69) is 0 Å². The zero-order valence-corrected chi connectivity index (χ0v) is 16.3. The molecule has 0 bridgehead atoms. The van der Waals surface area contributed by atoms with Gasteiger partial charge in [-0.3, -0.25) is 9.69 Å². The minimum Gasteiger partial charge on any atom is -0.748 e. The molecule has 1 aromatic heterocycles. The van der Waals surface area contributed by atoms with E-state index in [0.717, 1.165) is 22.2 Å². The Balaban J connectivity index is 1.77. The molecule has 2 aromatic rings. The Labute approximate surface area is 164 Å². The predicted molar refractivity (Wildman–Crippen MR) is 104 cm³/mol. The highest BCUT2D eigenvalue weighted by Gasteiger charge is 2.32. The summed E-state index contributed by atoms with van der Waals surface area (Å²) >= 11 is 12.0. The van der Waals surface area contributed by atoms with Crippen LogP contribution in [0.1, 0.15) is 5.76 Å². The summed E-state index contributed by atoms with van der Waals surface area (Å²) in [6, 6.07) is 10.6. The van der Waals surface area contributed by atoms with Crippen LogP contribution in [0.2, 0.25) is 5.02 Å². The summed E-state index contributed by atoms with van der Waals surface area (Å²) in [5.74, 6) is -0.0744. The second kappa shape index (κ2) is 7.53. The number of carbonyl (C=O) groups is 1. The third-order valence-electron chi connectivity index (χ3n) is 3.47. The number of nitrogens with zero attached hydrogens (tertiary/aromatic N) is 1. The molecule has 10 heteroatoms. The molecule has 1 saturated heterocycles. The van der Waals surface area contributed by atoms with Gasteiger partial charge in [0.1, 0.15) is 15.8 Å². The number of hydrogen-bond acceptors (Lipinski definition) is 7. The van der Waals surface area contributed by atoms with Crippen LogP contribution in [0.25, 0.3) is 17.4 Å². The highest BCUT2D eigenvalue weighted by atomic mass is 35.5. The number of carbonyl (C=O) groups excluding carboxylic acids is 1. The van der Waals surface area contributed by atoms with Crippen LogP contribution in [-0.4, -0.2) is 40.4 Å². The molecule has 1 amide bonds. The summed E-state index contributed by atoms with van der Waals surface area (Å²) in [4.78, 5) is 13.8. The first-order chi connectivity index (χ1) is 12.2. The third kappa shape index (κ3) is 4.54. The molecule has 2 heterocycles. The quantitative estimate of drug-likeness (QED) is 0.409. The maximum absolute atomic E-state index is 12.3. The van der Waals surface area contributed by atoms with E-state index < -0.39 is 21.8 Å². The number of thiocarbonyl (C=S) groups is 1. The largest absolute Gasteiger partial charge is 0.748 e. The van der Waals surface area contributed by atoms with E-state index in [1.54, 1.807) is 24.3 Å². The van der Waals surface area contributed by atoms with Crippen molar-refractivity contribution >= 4 is 62.0 Å². The van der Waals surface area contributed by atoms with Crippen molar-refractivity contribution in [1.82, 2.24) is 4.90 Å². The Morgan fingerprint density at radius 1 is 1.23 bits per heavy atom. The van der Waals surface area contributed by atoms with Gasteiger partial charge in [0.15, 0.2) is 0 Å². The van der Waals surface area contributed by atoms with E-state index in [1.165, 1.54) is 6.08 Å². The first-order valence-corrected chi connectivity index (χ1v) is 10.5. The van der Waals surface area contributed by atoms with E-state index in [4.69, 9.17) is 28.2 Å². The number of thioether (sulfide) groups is 1. The standard InChI is InChI=1S/C16H12ClNO5S3/c17-11-3-1-10(2-4-11)13-6-5-12(23-13)9-14-15(19)18(16(24)25-14)7-8-26(20,21)22/h1-6,9H,7-8H2,(H,20,21,22)/p-1/b14-9+. The van der Waals surface area contributed by atoms with Gasteiger partial charge in [0.2, 0.25) is 0 Å². The zero-order chi connectivity index (χ0) is 18.9. The topological polar surface area (TPSA) is 90.7 Å². The van der Waals surface area contributed by atoms with Crippen LogP contribution in [-0.2, 0) is 14.9 Å². The van der Waals surface area contributed by atoms with Crippen molar-refractivity contribution in [2.45, 2.75) is 0 Å². The Morgan fingerprint density at radius 3 is 2.58 bits per heavy atom. The van der Waals surface area contributed by atoms with E-state index in [-0.39, 0.29) is 10.9 Å². The Morgan fingerprint density at radius 2 is 1.92 bits per heavy atom. The maximum Gasteiger partial charge on any atom is 0.266 e. The number of hydrogen-bond donors (Lipinski definition) is 0. The van der Waals surface area contributed by atoms with Crippen LogP contribution < -0.4 is 0 Å². The molecule has 6 nitrogen and oxygen atoms in total. The van der Waals surface area contributed by atoms with Gasteiger partial charge in [-0.05, 0) is 36.4 Å². The maximum atomic E-state index is 12.3. The van der Waals surface area contributed by atoms with Crippen molar-refractivity contribution in [3.8, 4) is 11.3 Å². The Kier molecular flexibility index (Phi) is 5.54. The van der Waals surface area contributed by atoms with Gasteiger partial charge in [-0.25, -0.2) is 8.42 Å². The van der Waals surface area contributed by atoms with Crippen molar-refractivity contribution in [2.24, 2.45) is 0 Å². The molecule has 26 heavy (non-hydrogen) atoms. The summed E-state index contributed by atoms with van der Waals surface area (Å²) < 4.78 is 38.2. The van der Waals surface area contributed by atoms with Crippen LogP contribution >= 0.6 is 35.6 Å². The average Bonchev–Trinajstić information content (AvgIpc) is 3.12. The normalized spacial score (nSPS) is 16.7. The van der Waals surface area contributed by atoms with E-state index >= 15 is 0 Å². The van der Waals surface area contributed by atoms with Crippen molar-refractivity contribution in [2.75, 3.05) is 12.3 Å². The molecular formula is C16H11ClNO5S3-. The van der Waals surface area contributed by atoms with Gasteiger partial charge < -0.3 is 8.97 Å². The molecule has 0 aliphatic carbocycles. The monoisotopic (exact) mass is 428 g/mol. The van der Waals surface area contributed by atoms with Gasteiger partial charge in [0.05, 0.1) is 20.8 Å². The third-order valence-corrected chi connectivity index (χ3v) is 5.78. The number of rotatable bonds is 5. The van der Waals surface area contributed by atoms with Gasteiger partial charge in [0, 0.05) is 23.2 Å². The molecule has 0 saturated carbocycles. The first kappa shape index (κ1) is 19.1. The molecular weight excluding hydrogens is 418 g/mol. The lowest BCUT2D eigenvalue weighted by Gasteiger charge is -2.15. The average molecular weight is 429 g/mol. The lowest BCUT2D eigenvalue weighted by Crippen LogP contribution is -2.32. The summed E-state index contributed by atoms with van der Waals surface area (Å²) in [5, 5.41) is 0.615. The number of benzene rings is 1. The molecule has 0 radical (unpaired) electrons. The Bertz CT molecular complexity index is 995. The van der Waals surface area contributed by atoms with Crippen LogP contribution in [0.3, 0.4) is 0 Å². The lowest BCUT2D eigenvalue weighted by atomic mass is 10.2. The zero-order valence-electron chi connectivity index (χ0n) is 13.0. The van der Waals surface area contributed by atoms with Crippen LogP contribution in [0.15, 0.2) is 45.7 Å². The molecule has 0 spiro atoms. The van der Waals surface area contributed by atoms with Gasteiger partial charge in [-0.2, -0.15) is 0 Å². The smallest absolute Gasteiger partial charge is 0.266 e. The predicted octanol–water partition coefficient (Wildman–Crippen LogP) is 3.35. The van der Waals surface area contributed by atoms with Gasteiger partial charge >= 0.3 is 0 Å². The number of amides is 1. The fourth-order valence-electron chi connectivity index (χ4n) is 2.22. The van der Waals surface area contributed by atoms with Gasteiger partial charge in [-0.1, -0.05) is 35.6 Å².